The number of amides is 1. The Morgan fingerprint density at radius 2 is 2.39 bits per heavy atom. The lowest BCUT2D eigenvalue weighted by atomic mass is 10.0. The van der Waals surface area contributed by atoms with Crippen LogP contribution in [0.4, 0.5) is 4.39 Å². The molecule has 0 aliphatic heterocycles. The highest BCUT2D eigenvalue weighted by Gasteiger charge is 2.32. The molecule has 0 bridgehead atoms. The highest BCUT2D eigenvalue weighted by Crippen LogP contribution is 2.29. The van der Waals surface area contributed by atoms with Gasteiger partial charge in [0.1, 0.15) is 0 Å². The lowest BCUT2D eigenvalue weighted by molar-refractivity contribution is 0.0695. The van der Waals surface area contributed by atoms with Crippen molar-refractivity contribution < 1.29 is 9.18 Å². The summed E-state index contributed by atoms with van der Waals surface area (Å²) in [5.74, 6) is -0.541. The summed E-state index contributed by atoms with van der Waals surface area (Å²) in [6.45, 7) is 0.571. The SMILES string of the molecule is CN(C(=O)c1ccncc1F)C1CCCC1CN. The Hall–Kier alpha value is -1.49. The molecule has 0 spiro atoms. The molecular weight excluding hydrogens is 233 g/mol. The first-order valence-electron chi connectivity index (χ1n) is 6.22. The summed E-state index contributed by atoms with van der Waals surface area (Å²) in [5.41, 5.74) is 5.79. The first-order valence-corrected chi connectivity index (χ1v) is 6.22. The van der Waals surface area contributed by atoms with Gasteiger partial charge in [-0.1, -0.05) is 6.42 Å². The average molecular weight is 251 g/mol. The van der Waals surface area contributed by atoms with Crippen molar-refractivity contribution in [3.63, 3.8) is 0 Å². The summed E-state index contributed by atoms with van der Waals surface area (Å²) in [4.78, 5) is 17.5. The Labute approximate surface area is 106 Å². The van der Waals surface area contributed by atoms with E-state index in [2.05, 4.69) is 4.98 Å². The van der Waals surface area contributed by atoms with E-state index in [1.807, 2.05) is 0 Å². The number of halogens is 1. The van der Waals surface area contributed by atoms with Crippen LogP contribution in [-0.4, -0.2) is 35.4 Å². The molecule has 2 rings (SSSR count). The fraction of sp³-hybridized carbons (Fsp3) is 0.538. The van der Waals surface area contributed by atoms with Gasteiger partial charge in [-0.2, -0.15) is 0 Å². The van der Waals surface area contributed by atoms with E-state index >= 15 is 0 Å². The highest BCUT2D eigenvalue weighted by molar-refractivity contribution is 5.94. The topological polar surface area (TPSA) is 59.2 Å². The first kappa shape index (κ1) is 13.0. The predicted molar refractivity (Wildman–Crippen MR) is 66.5 cm³/mol. The Balaban J connectivity index is 2.16. The van der Waals surface area contributed by atoms with Gasteiger partial charge in [-0.15, -0.1) is 0 Å². The van der Waals surface area contributed by atoms with Gasteiger partial charge in [0.15, 0.2) is 5.82 Å². The maximum atomic E-state index is 13.5. The number of hydrogen-bond acceptors (Lipinski definition) is 3. The summed E-state index contributed by atoms with van der Waals surface area (Å²) in [5, 5.41) is 0. The van der Waals surface area contributed by atoms with Gasteiger partial charge in [-0.05, 0) is 31.4 Å². The van der Waals surface area contributed by atoms with E-state index in [0.717, 1.165) is 25.5 Å². The zero-order valence-corrected chi connectivity index (χ0v) is 10.5. The van der Waals surface area contributed by atoms with Crippen LogP contribution in [0.3, 0.4) is 0 Å². The van der Waals surface area contributed by atoms with Crippen LogP contribution >= 0.6 is 0 Å². The number of rotatable bonds is 3. The molecule has 2 N–H and O–H groups in total. The fourth-order valence-corrected chi connectivity index (χ4v) is 2.69. The van der Waals surface area contributed by atoms with Crippen molar-refractivity contribution in [2.75, 3.05) is 13.6 Å². The van der Waals surface area contributed by atoms with E-state index in [1.54, 1.807) is 11.9 Å². The molecule has 1 aromatic heterocycles. The molecule has 1 amide bonds. The van der Waals surface area contributed by atoms with Crippen molar-refractivity contribution in [2.24, 2.45) is 11.7 Å². The number of hydrogen-bond donors (Lipinski definition) is 1. The van der Waals surface area contributed by atoms with E-state index in [4.69, 9.17) is 5.73 Å². The van der Waals surface area contributed by atoms with Crippen LogP contribution < -0.4 is 5.73 Å². The van der Waals surface area contributed by atoms with Crippen molar-refractivity contribution in [2.45, 2.75) is 25.3 Å². The van der Waals surface area contributed by atoms with Crippen LogP contribution in [0.2, 0.25) is 0 Å². The molecule has 1 fully saturated rings. The molecule has 0 aromatic carbocycles. The Bertz CT molecular complexity index is 438. The summed E-state index contributed by atoms with van der Waals surface area (Å²) < 4.78 is 13.5. The molecule has 18 heavy (non-hydrogen) atoms. The normalized spacial score (nSPS) is 23.1. The predicted octanol–water partition coefficient (Wildman–Crippen LogP) is 1.42. The van der Waals surface area contributed by atoms with Gasteiger partial charge in [0, 0.05) is 19.3 Å². The maximum absolute atomic E-state index is 13.5. The molecular formula is C13H18FN3O. The van der Waals surface area contributed by atoms with Gasteiger partial charge in [-0.25, -0.2) is 4.39 Å². The Morgan fingerprint density at radius 1 is 1.61 bits per heavy atom. The fourth-order valence-electron chi connectivity index (χ4n) is 2.69. The molecule has 5 heteroatoms. The maximum Gasteiger partial charge on any atom is 0.256 e. The van der Waals surface area contributed by atoms with Gasteiger partial charge in [0.25, 0.3) is 5.91 Å². The monoisotopic (exact) mass is 251 g/mol. The standard InChI is InChI=1S/C13H18FN3O/c1-17(12-4-2-3-9(12)7-15)13(18)10-5-6-16-8-11(10)14/h5-6,8-9,12H,2-4,7,15H2,1H3. The number of carbonyl (C=O) groups is 1. The minimum absolute atomic E-state index is 0.0789. The molecule has 0 saturated heterocycles. The van der Waals surface area contributed by atoms with Crippen molar-refractivity contribution >= 4 is 5.91 Å². The van der Waals surface area contributed by atoms with Crippen LogP contribution in [0.15, 0.2) is 18.5 Å². The van der Waals surface area contributed by atoms with Crippen LogP contribution in [-0.2, 0) is 0 Å². The molecule has 2 atom stereocenters. The van der Waals surface area contributed by atoms with E-state index in [9.17, 15) is 9.18 Å². The van der Waals surface area contributed by atoms with E-state index < -0.39 is 5.82 Å². The number of carbonyl (C=O) groups excluding carboxylic acids is 1. The second kappa shape index (κ2) is 5.44. The van der Waals surface area contributed by atoms with Crippen molar-refractivity contribution in [3.8, 4) is 0 Å². The molecule has 1 aliphatic rings. The molecule has 1 heterocycles. The molecule has 4 nitrogen and oxygen atoms in total. The lowest BCUT2D eigenvalue weighted by Crippen LogP contribution is -2.41. The third-order valence-corrected chi connectivity index (χ3v) is 3.74. The van der Waals surface area contributed by atoms with E-state index in [1.165, 1.54) is 12.3 Å². The van der Waals surface area contributed by atoms with Gasteiger partial charge in [0.2, 0.25) is 0 Å². The summed E-state index contributed by atoms with van der Waals surface area (Å²) in [7, 11) is 1.72. The molecule has 0 radical (unpaired) electrons. The smallest absolute Gasteiger partial charge is 0.256 e. The van der Waals surface area contributed by atoms with Crippen LogP contribution in [0.5, 0.6) is 0 Å². The van der Waals surface area contributed by atoms with Crippen LogP contribution in [0.1, 0.15) is 29.6 Å². The third-order valence-electron chi connectivity index (χ3n) is 3.74. The Morgan fingerprint density at radius 3 is 3.06 bits per heavy atom. The van der Waals surface area contributed by atoms with E-state index in [0.29, 0.717) is 12.5 Å². The first-order chi connectivity index (χ1) is 8.65. The molecule has 98 valence electrons. The summed E-state index contributed by atoms with van der Waals surface area (Å²) in [6.07, 6.45) is 5.55. The zero-order valence-electron chi connectivity index (χ0n) is 10.5. The minimum Gasteiger partial charge on any atom is -0.338 e. The second-order valence-electron chi connectivity index (χ2n) is 4.77. The van der Waals surface area contributed by atoms with E-state index in [-0.39, 0.29) is 17.5 Å². The van der Waals surface area contributed by atoms with Gasteiger partial charge >= 0.3 is 0 Å². The highest BCUT2D eigenvalue weighted by atomic mass is 19.1. The van der Waals surface area contributed by atoms with Gasteiger partial charge in [0.05, 0.1) is 11.8 Å². The quantitative estimate of drug-likeness (QED) is 0.883. The Kier molecular flexibility index (Phi) is 3.91. The van der Waals surface area contributed by atoms with Gasteiger partial charge < -0.3 is 10.6 Å². The third kappa shape index (κ3) is 2.36. The largest absolute Gasteiger partial charge is 0.338 e. The number of pyridine rings is 1. The second-order valence-corrected chi connectivity index (χ2v) is 4.77. The number of aromatic nitrogens is 1. The summed E-state index contributed by atoms with van der Waals surface area (Å²) in [6, 6.07) is 1.54. The molecule has 1 aromatic rings. The molecule has 1 aliphatic carbocycles. The zero-order chi connectivity index (χ0) is 13.1. The van der Waals surface area contributed by atoms with Crippen LogP contribution in [0, 0.1) is 11.7 Å². The number of nitrogens with zero attached hydrogens (tertiary/aromatic N) is 2. The van der Waals surface area contributed by atoms with Crippen LogP contribution in [0.25, 0.3) is 0 Å². The average Bonchev–Trinajstić information content (AvgIpc) is 2.86. The lowest BCUT2D eigenvalue weighted by Gasteiger charge is -2.29. The number of nitrogens with two attached hydrogens (primary N) is 1. The minimum atomic E-state index is -0.573. The molecule has 1 saturated carbocycles. The van der Waals surface area contributed by atoms with Gasteiger partial charge in [-0.3, -0.25) is 9.78 Å². The van der Waals surface area contributed by atoms with Crippen molar-refractivity contribution in [1.82, 2.24) is 9.88 Å². The summed E-state index contributed by atoms with van der Waals surface area (Å²) >= 11 is 0. The van der Waals surface area contributed by atoms with Crippen molar-refractivity contribution in [1.29, 1.82) is 0 Å². The van der Waals surface area contributed by atoms with Crippen molar-refractivity contribution in [3.05, 3.63) is 29.8 Å². The molecule has 2 unspecified atom stereocenters.